The van der Waals surface area contributed by atoms with Crippen LogP contribution < -0.4 is 10.6 Å². The van der Waals surface area contributed by atoms with Gasteiger partial charge in [-0.3, -0.25) is 4.79 Å². The van der Waals surface area contributed by atoms with E-state index in [1.807, 2.05) is 60.8 Å². The number of benzene rings is 2. The number of carbonyl (C=O) groups is 2. The molecule has 0 aliphatic rings. The van der Waals surface area contributed by atoms with Crippen LogP contribution in [0.4, 0.5) is 0 Å². The van der Waals surface area contributed by atoms with Gasteiger partial charge in [0, 0.05) is 23.5 Å². The quantitative estimate of drug-likeness (QED) is 0.524. The molecule has 6 nitrogen and oxygen atoms in total. The summed E-state index contributed by atoms with van der Waals surface area (Å²) in [6, 6.07) is 16.3. The highest BCUT2D eigenvalue weighted by Gasteiger charge is 2.26. The molecular weight excluding hydrogens is 354 g/mol. The van der Waals surface area contributed by atoms with E-state index in [4.69, 9.17) is 4.74 Å². The summed E-state index contributed by atoms with van der Waals surface area (Å²) < 4.78 is 4.88. The van der Waals surface area contributed by atoms with Gasteiger partial charge < -0.3 is 20.4 Å². The molecule has 0 fully saturated rings. The maximum absolute atomic E-state index is 12.9. The zero-order valence-corrected chi connectivity index (χ0v) is 16.1. The number of fused-ring (bicyclic) bond motifs is 1. The molecule has 2 aromatic carbocycles. The minimum absolute atomic E-state index is 0.237. The molecule has 28 heavy (non-hydrogen) atoms. The lowest BCUT2D eigenvalue weighted by molar-refractivity contribution is -0.145. The molecule has 3 aromatic rings. The molecule has 0 aliphatic heterocycles. The first kappa shape index (κ1) is 19.6. The van der Waals surface area contributed by atoms with E-state index in [0.29, 0.717) is 12.8 Å². The van der Waals surface area contributed by atoms with Gasteiger partial charge in [0.2, 0.25) is 5.91 Å². The van der Waals surface area contributed by atoms with Crippen molar-refractivity contribution in [3.63, 3.8) is 0 Å². The van der Waals surface area contributed by atoms with Gasteiger partial charge in [-0.15, -0.1) is 0 Å². The number of para-hydroxylation sites is 1. The summed E-state index contributed by atoms with van der Waals surface area (Å²) in [6.45, 7) is 0. The molecule has 3 N–H and O–H groups in total. The maximum Gasteiger partial charge on any atom is 0.328 e. The third-order valence-electron chi connectivity index (χ3n) is 4.85. The molecule has 0 spiro atoms. The lowest BCUT2D eigenvalue weighted by Gasteiger charge is -2.21. The number of likely N-dealkylation sites (N-methyl/N-ethyl adjacent to an activating group) is 1. The smallest absolute Gasteiger partial charge is 0.328 e. The standard InChI is InChI=1S/C22H25N3O3/c1-23-19(13-16-14-24-18-11-7-6-10-17(16)18)21(26)25-20(22(27)28-2)12-15-8-4-3-5-9-15/h3-11,14,19-20,23-24H,12-13H2,1-2H3,(H,25,26). The molecule has 1 aromatic heterocycles. The number of hydrogen-bond donors (Lipinski definition) is 3. The van der Waals surface area contributed by atoms with Gasteiger partial charge in [-0.1, -0.05) is 48.5 Å². The van der Waals surface area contributed by atoms with Crippen molar-refractivity contribution in [2.24, 2.45) is 0 Å². The fourth-order valence-electron chi connectivity index (χ4n) is 3.30. The number of hydrogen-bond acceptors (Lipinski definition) is 4. The first-order chi connectivity index (χ1) is 13.6. The highest BCUT2D eigenvalue weighted by Crippen LogP contribution is 2.19. The van der Waals surface area contributed by atoms with Crippen molar-refractivity contribution in [3.8, 4) is 0 Å². The second-order valence-electron chi connectivity index (χ2n) is 6.68. The Balaban J connectivity index is 1.72. The van der Waals surface area contributed by atoms with Crippen LogP contribution in [0.2, 0.25) is 0 Å². The lowest BCUT2D eigenvalue weighted by Crippen LogP contribution is -2.51. The maximum atomic E-state index is 12.9. The van der Waals surface area contributed by atoms with Crippen molar-refractivity contribution in [1.29, 1.82) is 0 Å². The predicted octanol–water partition coefficient (Wildman–Crippen LogP) is 2.20. The van der Waals surface area contributed by atoms with E-state index in [9.17, 15) is 9.59 Å². The molecule has 6 heteroatoms. The van der Waals surface area contributed by atoms with Crippen LogP contribution in [-0.2, 0) is 27.2 Å². The summed E-state index contributed by atoms with van der Waals surface area (Å²) >= 11 is 0. The van der Waals surface area contributed by atoms with Crippen molar-refractivity contribution in [3.05, 3.63) is 71.9 Å². The number of methoxy groups -OCH3 is 1. The average Bonchev–Trinajstić information content (AvgIpc) is 3.14. The topological polar surface area (TPSA) is 83.2 Å². The van der Waals surface area contributed by atoms with Crippen LogP contribution in [0.25, 0.3) is 10.9 Å². The molecule has 0 bridgehead atoms. The van der Waals surface area contributed by atoms with Crippen LogP contribution in [-0.4, -0.2) is 43.1 Å². The third-order valence-corrected chi connectivity index (χ3v) is 4.85. The van der Waals surface area contributed by atoms with Gasteiger partial charge in [0.1, 0.15) is 6.04 Å². The van der Waals surface area contributed by atoms with Crippen LogP contribution in [0, 0.1) is 0 Å². The van der Waals surface area contributed by atoms with Gasteiger partial charge in [0.15, 0.2) is 0 Å². The number of amides is 1. The van der Waals surface area contributed by atoms with Gasteiger partial charge in [-0.05, 0) is 30.7 Å². The minimum atomic E-state index is -0.737. The monoisotopic (exact) mass is 379 g/mol. The zero-order valence-electron chi connectivity index (χ0n) is 16.1. The van der Waals surface area contributed by atoms with Crippen molar-refractivity contribution in [2.45, 2.75) is 24.9 Å². The highest BCUT2D eigenvalue weighted by atomic mass is 16.5. The number of esters is 1. The zero-order chi connectivity index (χ0) is 19.9. The molecule has 0 saturated heterocycles. The Labute approximate surface area is 164 Å². The molecule has 146 valence electrons. The fraction of sp³-hybridized carbons (Fsp3) is 0.273. The van der Waals surface area contributed by atoms with Gasteiger partial charge in [0.25, 0.3) is 0 Å². The first-order valence-corrected chi connectivity index (χ1v) is 9.26. The Morgan fingerprint density at radius 3 is 2.43 bits per heavy atom. The number of aromatic amines is 1. The molecule has 0 saturated carbocycles. The highest BCUT2D eigenvalue weighted by molar-refractivity contribution is 5.89. The molecule has 2 atom stereocenters. The van der Waals surface area contributed by atoms with E-state index in [1.54, 1.807) is 7.05 Å². The molecular formula is C22H25N3O3. The van der Waals surface area contributed by atoms with E-state index < -0.39 is 18.1 Å². The lowest BCUT2D eigenvalue weighted by atomic mass is 10.0. The Hall–Kier alpha value is -3.12. The number of ether oxygens (including phenoxy) is 1. The normalized spacial score (nSPS) is 13.1. The first-order valence-electron chi connectivity index (χ1n) is 9.26. The summed E-state index contributed by atoms with van der Waals surface area (Å²) in [5, 5.41) is 6.98. The summed E-state index contributed by atoms with van der Waals surface area (Å²) in [5.74, 6) is -0.696. The van der Waals surface area contributed by atoms with Crippen LogP contribution in [0.15, 0.2) is 60.8 Å². The molecule has 1 amide bonds. The number of aromatic nitrogens is 1. The molecule has 2 unspecified atom stereocenters. The summed E-state index contributed by atoms with van der Waals surface area (Å²) in [7, 11) is 3.07. The summed E-state index contributed by atoms with van der Waals surface area (Å²) in [4.78, 5) is 28.3. The summed E-state index contributed by atoms with van der Waals surface area (Å²) in [5.41, 5.74) is 3.03. The Morgan fingerprint density at radius 1 is 1.00 bits per heavy atom. The molecule has 0 aliphatic carbocycles. The van der Waals surface area contributed by atoms with Crippen LogP contribution in [0.5, 0.6) is 0 Å². The average molecular weight is 379 g/mol. The number of nitrogens with one attached hydrogen (secondary N) is 3. The number of H-pyrrole nitrogens is 1. The van der Waals surface area contributed by atoms with Gasteiger partial charge >= 0.3 is 5.97 Å². The minimum Gasteiger partial charge on any atom is -0.467 e. The van der Waals surface area contributed by atoms with Gasteiger partial charge in [0.05, 0.1) is 13.2 Å². The van der Waals surface area contributed by atoms with Gasteiger partial charge in [-0.2, -0.15) is 0 Å². The molecule has 3 rings (SSSR count). The van der Waals surface area contributed by atoms with E-state index in [2.05, 4.69) is 15.6 Å². The van der Waals surface area contributed by atoms with Crippen molar-refractivity contribution < 1.29 is 14.3 Å². The Morgan fingerprint density at radius 2 is 1.71 bits per heavy atom. The van der Waals surface area contributed by atoms with Crippen LogP contribution >= 0.6 is 0 Å². The van der Waals surface area contributed by atoms with Crippen molar-refractivity contribution in [2.75, 3.05) is 14.2 Å². The number of carbonyl (C=O) groups excluding carboxylic acids is 2. The molecule has 0 radical (unpaired) electrons. The number of rotatable bonds is 8. The second-order valence-corrected chi connectivity index (χ2v) is 6.68. The van der Waals surface area contributed by atoms with Gasteiger partial charge in [-0.25, -0.2) is 4.79 Å². The summed E-state index contributed by atoms with van der Waals surface area (Å²) in [6.07, 6.45) is 2.80. The SMILES string of the molecule is CNC(Cc1c[nH]c2ccccc12)C(=O)NC(Cc1ccccc1)C(=O)OC. The second kappa shape index (κ2) is 9.19. The predicted molar refractivity (Wildman–Crippen MR) is 109 cm³/mol. The van der Waals surface area contributed by atoms with Crippen LogP contribution in [0.3, 0.4) is 0 Å². The Bertz CT molecular complexity index is 936. The third kappa shape index (κ3) is 4.58. The van der Waals surface area contributed by atoms with Crippen molar-refractivity contribution in [1.82, 2.24) is 15.6 Å². The van der Waals surface area contributed by atoms with E-state index in [-0.39, 0.29) is 5.91 Å². The van der Waals surface area contributed by atoms with Crippen molar-refractivity contribution >= 4 is 22.8 Å². The Kier molecular flexibility index (Phi) is 6.45. The largest absolute Gasteiger partial charge is 0.467 e. The van der Waals surface area contributed by atoms with E-state index >= 15 is 0 Å². The van der Waals surface area contributed by atoms with Crippen LogP contribution in [0.1, 0.15) is 11.1 Å². The van der Waals surface area contributed by atoms with E-state index in [0.717, 1.165) is 22.0 Å². The fourth-order valence-corrected chi connectivity index (χ4v) is 3.30. The van der Waals surface area contributed by atoms with E-state index in [1.165, 1.54) is 7.11 Å². The molecule has 1 heterocycles.